The van der Waals surface area contributed by atoms with Crippen molar-refractivity contribution in [1.29, 1.82) is 0 Å². The summed E-state index contributed by atoms with van der Waals surface area (Å²) < 4.78 is 0. The third-order valence-electron chi connectivity index (χ3n) is 4.08. The van der Waals surface area contributed by atoms with Gasteiger partial charge in [-0.15, -0.1) is 0 Å². The highest BCUT2D eigenvalue weighted by atomic mass is 16.2. The van der Waals surface area contributed by atoms with Gasteiger partial charge >= 0.3 is 6.03 Å². The van der Waals surface area contributed by atoms with Crippen LogP contribution in [0.1, 0.15) is 18.4 Å². The van der Waals surface area contributed by atoms with Crippen LogP contribution in [0.3, 0.4) is 0 Å². The van der Waals surface area contributed by atoms with Crippen molar-refractivity contribution < 1.29 is 4.79 Å². The second-order valence-electron chi connectivity index (χ2n) is 5.47. The molecule has 3 rings (SSSR count). The van der Waals surface area contributed by atoms with Crippen molar-refractivity contribution in [3.8, 4) is 0 Å². The van der Waals surface area contributed by atoms with E-state index in [1.807, 2.05) is 11.0 Å². The predicted molar refractivity (Wildman–Crippen MR) is 75.1 cm³/mol. The molecule has 0 saturated carbocycles. The normalized spacial score (nSPS) is 24.5. The number of nitrogens with one attached hydrogen (secondary N) is 2. The Morgan fingerprint density at radius 2 is 1.89 bits per heavy atom. The second kappa shape index (κ2) is 5.61. The van der Waals surface area contributed by atoms with Crippen molar-refractivity contribution in [3.63, 3.8) is 0 Å². The number of carbonyl (C=O) groups excluding carboxylic acids is 1. The number of carbonyl (C=O) groups is 1. The summed E-state index contributed by atoms with van der Waals surface area (Å²) >= 11 is 0. The molecule has 1 unspecified atom stereocenters. The Balaban J connectivity index is 1.60. The summed E-state index contributed by atoms with van der Waals surface area (Å²) in [6.45, 7) is 2.90. The minimum Gasteiger partial charge on any atom is -0.333 e. The number of amides is 2. The molecule has 1 aromatic rings. The van der Waals surface area contributed by atoms with Crippen LogP contribution in [0.2, 0.25) is 0 Å². The average Bonchev–Trinajstić information content (AvgIpc) is 2.82. The number of nitrogens with zero attached hydrogens (tertiary/aromatic N) is 1. The van der Waals surface area contributed by atoms with E-state index < -0.39 is 0 Å². The van der Waals surface area contributed by atoms with Gasteiger partial charge in [-0.25, -0.2) is 4.79 Å². The zero-order valence-corrected chi connectivity index (χ0v) is 11.1. The van der Waals surface area contributed by atoms with Gasteiger partial charge in [-0.2, -0.15) is 0 Å². The van der Waals surface area contributed by atoms with Crippen molar-refractivity contribution in [2.24, 2.45) is 0 Å². The zero-order valence-electron chi connectivity index (χ0n) is 11.1. The van der Waals surface area contributed by atoms with Gasteiger partial charge in [-0.3, -0.25) is 0 Å². The first-order chi connectivity index (χ1) is 9.33. The van der Waals surface area contributed by atoms with Crippen LogP contribution in [0.25, 0.3) is 0 Å². The largest absolute Gasteiger partial charge is 0.333 e. The lowest BCUT2D eigenvalue weighted by molar-refractivity contribution is 0.182. The average molecular weight is 259 g/mol. The molecule has 0 spiro atoms. The Morgan fingerprint density at radius 1 is 1.16 bits per heavy atom. The smallest absolute Gasteiger partial charge is 0.318 e. The maximum absolute atomic E-state index is 12.1. The minimum atomic E-state index is 0.118. The van der Waals surface area contributed by atoms with Crippen molar-refractivity contribution in [2.45, 2.75) is 31.3 Å². The minimum absolute atomic E-state index is 0.118. The number of urea groups is 1. The number of hydrogen-bond acceptors (Lipinski definition) is 2. The van der Waals surface area contributed by atoms with Gasteiger partial charge in [0.05, 0.1) is 6.04 Å². The second-order valence-corrected chi connectivity index (χ2v) is 5.47. The van der Waals surface area contributed by atoms with Crippen LogP contribution in [0.4, 0.5) is 4.79 Å². The molecular weight excluding hydrogens is 238 g/mol. The summed E-state index contributed by atoms with van der Waals surface area (Å²) in [5, 5.41) is 6.46. The van der Waals surface area contributed by atoms with Crippen molar-refractivity contribution in [3.05, 3.63) is 35.9 Å². The van der Waals surface area contributed by atoms with E-state index in [0.717, 1.165) is 38.9 Å². The molecular formula is C15H21N3O. The first kappa shape index (κ1) is 12.5. The Kier molecular flexibility index (Phi) is 3.69. The van der Waals surface area contributed by atoms with Crippen molar-refractivity contribution in [2.75, 3.05) is 19.6 Å². The van der Waals surface area contributed by atoms with E-state index in [2.05, 4.69) is 34.9 Å². The van der Waals surface area contributed by atoms with Crippen LogP contribution in [0.15, 0.2) is 30.3 Å². The Hall–Kier alpha value is -1.55. The summed E-state index contributed by atoms with van der Waals surface area (Å²) in [7, 11) is 0. The van der Waals surface area contributed by atoms with Gasteiger partial charge in [0, 0.05) is 12.6 Å². The molecule has 0 aliphatic carbocycles. The lowest BCUT2D eigenvalue weighted by Gasteiger charge is -2.30. The Bertz CT molecular complexity index is 428. The molecule has 102 valence electrons. The van der Waals surface area contributed by atoms with Crippen LogP contribution in [-0.2, 0) is 6.42 Å². The van der Waals surface area contributed by atoms with E-state index in [-0.39, 0.29) is 12.1 Å². The first-order valence-electron chi connectivity index (χ1n) is 7.15. The number of benzene rings is 1. The van der Waals surface area contributed by atoms with Crippen LogP contribution in [0, 0.1) is 0 Å². The SMILES string of the molecule is O=C1NC(Cc2ccccc2)CN1C1CCNCC1. The third kappa shape index (κ3) is 2.89. The highest BCUT2D eigenvalue weighted by Crippen LogP contribution is 2.18. The van der Waals surface area contributed by atoms with Crippen molar-refractivity contribution >= 4 is 6.03 Å². The summed E-state index contributed by atoms with van der Waals surface area (Å²) in [5.41, 5.74) is 1.29. The lowest BCUT2D eigenvalue weighted by atomic mass is 10.0. The number of rotatable bonds is 3. The fraction of sp³-hybridized carbons (Fsp3) is 0.533. The Morgan fingerprint density at radius 3 is 2.63 bits per heavy atom. The van der Waals surface area contributed by atoms with Gasteiger partial charge in [-0.1, -0.05) is 30.3 Å². The van der Waals surface area contributed by atoms with Crippen LogP contribution in [-0.4, -0.2) is 42.6 Å². The molecule has 4 heteroatoms. The van der Waals surface area contributed by atoms with Gasteiger partial charge < -0.3 is 15.5 Å². The van der Waals surface area contributed by atoms with Gasteiger partial charge in [0.1, 0.15) is 0 Å². The van der Waals surface area contributed by atoms with E-state index in [1.54, 1.807) is 0 Å². The molecule has 0 aromatic heterocycles. The van der Waals surface area contributed by atoms with Crippen molar-refractivity contribution in [1.82, 2.24) is 15.5 Å². The molecule has 2 amide bonds. The molecule has 19 heavy (non-hydrogen) atoms. The van der Waals surface area contributed by atoms with Gasteiger partial charge in [0.25, 0.3) is 0 Å². The molecule has 2 N–H and O–H groups in total. The van der Waals surface area contributed by atoms with E-state index in [0.29, 0.717) is 6.04 Å². The fourth-order valence-corrected chi connectivity index (χ4v) is 3.07. The molecule has 2 heterocycles. The number of piperidine rings is 1. The highest BCUT2D eigenvalue weighted by Gasteiger charge is 2.34. The molecule has 4 nitrogen and oxygen atoms in total. The van der Waals surface area contributed by atoms with Crippen LogP contribution < -0.4 is 10.6 Å². The molecule has 2 fully saturated rings. The first-order valence-corrected chi connectivity index (χ1v) is 7.15. The van der Waals surface area contributed by atoms with Gasteiger partial charge in [-0.05, 0) is 37.9 Å². The topological polar surface area (TPSA) is 44.4 Å². The lowest BCUT2D eigenvalue weighted by Crippen LogP contribution is -2.44. The third-order valence-corrected chi connectivity index (χ3v) is 4.08. The quantitative estimate of drug-likeness (QED) is 0.861. The van der Waals surface area contributed by atoms with Crippen LogP contribution in [0.5, 0.6) is 0 Å². The van der Waals surface area contributed by atoms with Gasteiger partial charge in [0.15, 0.2) is 0 Å². The number of hydrogen-bond donors (Lipinski definition) is 2. The molecule has 0 bridgehead atoms. The Labute approximate surface area is 114 Å². The maximum Gasteiger partial charge on any atom is 0.318 e. The molecule has 2 saturated heterocycles. The summed E-state index contributed by atoms with van der Waals surface area (Å²) in [6, 6.07) is 11.2. The van der Waals surface area contributed by atoms with E-state index >= 15 is 0 Å². The molecule has 0 radical (unpaired) electrons. The molecule has 1 aromatic carbocycles. The molecule has 1 atom stereocenters. The fourth-order valence-electron chi connectivity index (χ4n) is 3.07. The molecule has 2 aliphatic heterocycles. The summed E-state index contributed by atoms with van der Waals surface area (Å²) in [6.07, 6.45) is 3.07. The predicted octanol–water partition coefficient (Wildman–Crippen LogP) is 1.37. The van der Waals surface area contributed by atoms with Crippen LogP contribution >= 0.6 is 0 Å². The zero-order chi connectivity index (χ0) is 13.1. The van der Waals surface area contributed by atoms with Gasteiger partial charge in [0.2, 0.25) is 0 Å². The monoisotopic (exact) mass is 259 g/mol. The standard InChI is InChI=1S/C15H21N3O/c19-15-17-13(10-12-4-2-1-3-5-12)11-18(15)14-6-8-16-9-7-14/h1-5,13-14,16H,6-11H2,(H,17,19). The maximum atomic E-state index is 12.1. The summed E-state index contributed by atoms with van der Waals surface area (Å²) in [4.78, 5) is 14.1. The summed E-state index contributed by atoms with van der Waals surface area (Å²) in [5.74, 6) is 0. The highest BCUT2D eigenvalue weighted by molar-refractivity contribution is 5.77. The van der Waals surface area contributed by atoms with E-state index in [9.17, 15) is 4.79 Å². The van der Waals surface area contributed by atoms with E-state index in [4.69, 9.17) is 0 Å². The van der Waals surface area contributed by atoms with E-state index in [1.165, 1.54) is 5.56 Å². The molecule has 2 aliphatic rings.